The second-order valence-corrected chi connectivity index (χ2v) is 7.51. The predicted octanol–water partition coefficient (Wildman–Crippen LogP) is 2.56. The number of carbonyl (C=O) groups is 3. The molecule has 0 saturated carbocycles. The van der Waals surface area contributed by atoms with Gasteiger partial charge in [-0.05, 0) is 38.5 Å². The summed E-state index contributed by atoms with van der Waals surface area (Å²) in [6.45, 7) is 5.30. The lowest BCUT2D eigenvalue weighted by molar-refractivity contribution is -0.125. The van der Waals surface area contributed by atoms with Gasteiger partial charge >= 0.3 is 6.09 Å². The largest absolute Gasteiger partial charge is 0.444 e. The van der Waals surface area contributed by atoms with E-state index in [-0.39, 0.29) is 13.2 Å². The Morgan fingerprint density at radius 2 is 1.50 bits per heavy atom. The Balaban J connectivity index is 1.94. The summed E-state index contributed by atoms with van der Waals surface area (Å²) >= 11 is 0. The molecule has 0 aliphatic carbocycles. The zero-order valence-corrected chi connectivity index (χ0v) is 17.3. The summed E-state index contributed by atoms with van der Waals surface area (Å²) in [7, 11) is 0. The molecule has 0 unspecified atom stereocenters. The van der Waals surface area contributed by atoms with Crippen molar-refractivity contribution in [1.82, 2.24) is 16.2 Å². The van der Waals surface area contributed by atoms with Crippen molar-refractivity contribution in [2.45, 2.75) is 39.0 Å². The number of benzene rings is 2. The Morgan fingerprint density at radius 3 is 2.10 bits per heavy atom. The summed E-state index contributed by atoms with van der Waals surface area (Å²) in [5, 5.41) is 2.47. The second-order valence-electron chi connectivity index (χ2n) is 7.51. The van der Waals surface area contributed by atoms with Crippen molar-refractivity contribution in [3.8, 4) is 0 Å². The highest BCUT2D eigenvalue weighted by atomic mass is 16.6. The van der Waals surface area contributed by atoms with Crippen LogP contribution >= 0.6 is 0 Å². The third kappa shape index (κ3) is 8.32. The summed E-state index contributed by atoms with van der Waals surface area (Å²) in [6.07, 6.45) is -0.764. The summed E-state index contributed by atoms with van der Waals surface area (Å²) in [5.74, 6) is -1.12. The molecular formula is C22H27N3O5. The number of alkyl carbamates (subject to hydrolysis) is 1. The van der Waals surface area contributed by atoms with E-state index in [0.717, 1.165) is 5.56 Å². The molecule has 0 saturated heterocycles. The van der Waals surface area contributed by atoms with Crippen LogP contribution in [-0.2, 0) is 20.9 Å². The van der Waals surface area contributed by atoms with Gasteiger partial charge in [0, 0.05) is 5.56 Å². The molecule has 2 aromatic rings. The van der Waals surface area contributed by atoms with Gasteiger partial charge in [0.25, 0.3) is 11.8 Å². The van der Waals surface area contributed by atoms with Crippen LogP contribution in [0.15, 0.2) is 60.7 Å². The van der Waals surface area contributed by atoms with E-state index >= 15 is 0 Å². The number of ether oxygens (including phenoxy) is 2. The van der Waals surface area contributed by atoms with Crippen molar-refractivity contribution >= 4 is 17.9 Å². The highest BCUT2D eigenvalue weighted by molar-refractivity contribution is 5.96. The van der Waals surface area contributed by atoms with Gasteiger partial charge in [-0.2, -0.15) is 0 Å². The smallest absolute Gasteiger partial charge is 0.408 e. The molecule has 30 heavy (non-hydrogen) atoms. The Kier molecular flexibility index (Phi) is 8.37. The maximum atomic E-state index is 12.5. The van der Waals surface area contributed by atoms with Gasteiger partial charge in [0.2, 0.25) is 0 Å². The summed E-state index contributed by atoms with van der Waals surface area (Å²) in [6, 6.07) is 16.8. The zero-order chi connectivity index (χ0) is 22.0. The average molecular weight is 413 g/mol. The zero-order valence-electron chi connectivity index (χ0n) is 17.3. The normalized spacial score (nSPS) is 11.8. The third-order valence-corrected chi connectivity index (χ3v) is 3.74. The van der Waals surface area contributed by atoms with Crippen molar-refractivity contribution in [3.05, 3.63) is 71.8 Å². The van der Waals surface area contributed by atoms with E-state index in [1.807, 2.05) is 30.3 Å². The quantitative estimate of drug-likeness (QED) is 0.605. The lowest BCUT2D eigenvalue weighted by Crippen LogP contribution is -2.54. The van der Waals surface area contributed by atoms with Gasteiger partial charge in [0.05, 0.1) is 13.2 Å². The van der Waals surface area contributed by atoms with E-state index in [4.69, 9.17) is 9.47 Å². The summed E-state index contributed by atoms with van der Waals surface area (Å²) in [4.78, 5) is 36.8. The fourth-order valence-corrected chi connectivity index (χ4v) is 2.37. The molecule has 8 heteroatoms. The summed E-state index contributed by atoms with van der Waals surface area (Å²) in [5.41, 5.74) is 5.21. The van der Waals surface area contributed by atoms with Crippen LogP contribution in [0.4, 0.5) is 4.79 Å². The van der Waals surface area contributed by atoms with E-state index in [0.29, 0.717) is 5.56 Å². The Hall–Kier alpha value is -3.39. The highest BCUT2D eigenvalue weighted by Gasteiger charge is 2.25. The van der Waals surface area contributed by atoms with Crippen molar-refractivity contribution < 1.29 is 23.9 Å². The van der Waals surface area contributed by atoms with Gasteiger partial charge < -0.3 is 14.8 Å². The van der Waals surface area contributed by atoms with Crippen LogP contribution in [-0.4, -0.2) is 36.2 Å². The molecule has 0 heterocycles. The highest BCUT2D eigenvalue weighted by Crippen LogP contribution is 2.07. The van der Waals surface area contributed by atoms with Gasteiger partial charge in [0.1, 0.15) is 11.6 Å². The van der Waals surface area contributed by atoms with E-state index in [2.05, 4.69) is 16.2 Å². The fraction of sp³-hybridized carbons (Fsp3) is 0.318. The number of hydrogen-bond acceptors (Lipinski definition) is 5. The minimum Gasteiger partial charge on any atom is -0.444 e. The molecular weight excluding hydrogens is 386 g/mol. The average Bonchev–Trinajstić information content (AvgIpc) is 2.71. The first kappa shape index (κ1) is 22.9. The minimum absolute atomic E-state index is 0.110. The van der Waals surface area contributed by atoms with Crippen LogP contribution < -0.4 is 16.2 Å². The first-order valence-corrected chi connectivity index (χ1v) is 9.51. The molecule has 3 N–H and O–H groups in total. The molecule has 0 aromatic heterocycles. The van der Waals surface area contributed by atoms with Gasteiger partial charge in [-0.3, -0.25) is 20.4 Å². The Bertz CT molecular complexity index is 835. The summed E-state index contributed by atoms with van der Waals surface area (Å²) < 4.78 is 10.8. The maximum absolute atomic E-state index is 12.5. The fourth-order valence-electron chi connectivity index (χ4n) is 2.37. The number of hydrogen-bond donors (Lipinski definition) is 3. The standard InChI is InChI=1S/C22H27N3O5/c1-22(2,3)30-21(28)23-18(15-29-14-16-10-6-4-7-11-16)20(27)25-24-19(26)17-12-8-5-9-13-17/h4-13,18H,14-15H2,1-3H3,(H,23,28)(H,24,26)(H,25,27)/t18-/m1/s1. The van der Waals surface area contributed by atoms with E-state index in [1.54, 1.807) is 51.1 Å². The maximum Gasteiger partial charge on any atom is 0.408 e. The van der Waals surface area contributed by atoms with E-state index in [9.17, 15) is 14.4 Å². The van der Waals surface area contributed by atoms with Crippen LogP contribution in [0.3, 0.4) is 0 Å². The molecule has 0 fully saturated rings. The first-order chi connectivity index (χ1) is 14.2. The van der Waals surface area contributed by atoms with Gasteiger partial charge in [0.15, 0.2) is 0 Å². The van der Waals surface area contributed by atoms with Crippen LogP contribution in [0.5, 0.6) is 0 Å². The van der Waals surface area contributed by atoms with Crippen LogP contribution in [0.2, 0.25) is 0 Å². The van der Waals surface area contributed by atoms with Crippen molar-refractivity contribution in [3.63, 3.8) is 0 Å². The van der Waals surface area contributed by atoms with Crippen LogP contribution in [0, 0.1) is 0 Å². The van der Waals surface area contributed by atoms with Crippen molar-refractivity contribution in [2.24, 2.45) is 0 Å². The van der Waals surface area contributed by atoms with Crippen molar-refractivity contribution in [1.29, 1.82) is 0 Å². The SMILES string of the molecule is CC(C)(C)OC(=O)N[C@H](COCc1ccccc1)C(=O)NNC(=O)c1ccccc1. The number of amides is 3. The molecule has 0 spiro atoms. The van der Waals surface area contributed by atoms with Crippen LogP contribution in [0.25, 0.3) is 0 Å². The lowest BCUT2D eigenvalue weighted by Gasteiger charge is -2.23. The van der Waals surface area contributed by atoms with Crippen LogP contribution in [0.1, 0.15) is 36.7 Å². The molecule has 0 radical (unpaired) electrons. The van der Waals surface area contributed by atoms with Gasteiger partial charge in [-0.1, -0.05) is 48.5 Å². The predicted molar refractivity (Wildman–Crippen MR) is 111 cm³/mol. The monoisotopic (exact) mass is 413 g/mol. The third-order valence-electron chi connectivity index (χ3n) is 3.74. The minimum atomic E-state index is -1.07. The van der Waals surface area contributed by atoms with E-state index < -0.39 is 29.6 Å². The molecule has 0 bridgehead atoms. The molecule has 2 aromatic carbocycles. The number of rotatable bonds is 7. The molecule has 160 valence electrons. The topological polar surface area (TPSA) is 106 Å². The van der Waals surface area contributed by atoms with Gasteiger partial charge in [-0.25, -0.2) is 4.79 Å². The first-order valence-electron chi connectivity index (χ1n) is 9.51. The number of carbonyl (C=O) groups excluding carboxylic acids is 3. The number of hydrazine groups is 1. The molecule has 2 rings (SSSR count). The van der Waals surface area contributed by atoms with Gasteiger partial charge in [-0.15, -0.1) is 0 Å². The van der Waals surface area contributed by atoms with Crippen molar-refractivity contribution in [2.75, 3.05) is 6.61 Å². The molecule has 8 nitrogen and oxygen atoms in total. The Morgan fingerprint density at radius 1 is 0.900 bits per heavy atom. The number of nitrogens with one attached hydrogen (secondary N) is 3. The molecule has 0 aliphatic rings. The second kappa shape index (κ2) is 11.0. The molecule has 0 aliphatic heterocycles. The molecule has 1 atom stereocenters. The van der Waals surface area contributed by atoms with E-state index in [1.165, 1.54) is 0 Å². The lowest BCUT2D eigenvalue weighted by atomic mass is 10.2. The molecule has 3 amide bonds. The Labute approximate surface area is 175 Å².